The lowest BCUT2D eigenvalue weighted by atomic mass is 10.5. The van der Waals surface area contributed by atoms with Crippen LogP contribution in [-0.2, 0) is 23.7 Å². The Labute approximate surface area is 88.9 Å². The molecule has 0 amide bonds. The summed E-state index contributed by atoms with van der Waals surface area (Å²) >= 11 is 0. The zero-order valence-electron chi connectivity index (χ0n) is 8.65. The van der Waals surface area contributed by atoms with Gasteiger partial charge in [0.1, 0.15) is 12.7 Å². The second-order valence-electron chi connectivity index (χ2n) is 3.01. The third-order valence-corrected chi connectivity index (χ3v) is 1.72. The SMILES string of the molecule is C=CC(=O)OCCOCCOCC1CO1. The highest BCUT2D eigenvalue weighted by Crippen LogP contribution is 2.07. The standard InChI is InChI=1S/C10H16O5/c1-2-10(11)14-6-5-12-3-4-13-7-9-8-15-9/h2,9H,1,3-8H2. The first-order valence-electron chi connectivity index (χ1n) is 4.89. The van der Waals surface area contributed by atoms with Crippen LogP contribution in [-0.4, -0.2) is 51.7 Å². The second kappa shape index (κ2) is 7.39. The molecule has 0 N–H and O–H groups in total. The van der Waals surface area contributed by atoms with Crippen LogP contribution in [0.5, 0.6) is 0 Å². The molecule has 1 rings (SSSR count). The molecule has 1 aliphatic heterocycles. The summed E-state index contributed by atoms with van der Waals surface area (Å²) in [5.41, 5.74) is 0. The molecule has 86 valence electrons. The van der Waals surface area contributed by atoms with Crippen molar-refractivity contribution in [1.82, 2.24) is 0 Å². The molecule has 0 saturated carbocycles. The third kappa shape index (κ3) is 7.07. The first-order valence-corrected chi connectivity index (χ1v) is 4.89. The van der Waals surface area contributed by atoms with E-state index in [1.807, 2.05) is 0 Å². The average molecular weight is 216 g/mol. The molecule has 0 aromatic heterocycles. The zero-order valence-corrected chi connectivity index (χ0v) is 8.65. The van der Waals surface area contributed by atoms with Gasteiger partial charge >= 0.3 is 5.97 Å². The lowest BCUT2D eigenvalue weighted by molar-refractivity contribution is -0.139. The van der Waals surface area contributed by atoms with Crippen LogP contribution in [0.3, 0.4) is 0 Å². The monoisotopic (exact) mass is 216 g/mol. The number of epoxide rings is 1. The van der Waals surface area contributed by atoms with Crippen LogP contribution >= 0.6 is 0 Å². The van der Waals surface area contributed by atoms with Crippen molar-refractivity contribution in [3.63, 3.8) is 0 Å². The fourth-order valence-electron chi connectivity index (χ4n) is 0.859. The number of hydrogen-bond donors (Lipinski definition) is 0. The van der Waals surface area contributed by atoms with Crippen molar-refractivity contribution in [2.75, 3.05) is 39.6 Å². The van der Waals surface area contributed by atoms with Gasteiger partial charge in [-0.25, -0.2) is 4.79 Å². The maximum atomic E-state index is 10.6. The van der Waals surface area contributed by atoms with Gasteiger partial charge in [-0.1, -0.05) is 6.58 Å². The highest BCUT2D eigenvalue weighted by Gasteiger charge is 2.21. The van der Waals surface area contributed by atoms with Crippen molar-refractivity contribution < 1.29 is 23.7 Å². The maximum absolute atomic E-state index is 10.6. The molecular weight excluding hydrogens is 200 g/mol. The first-order chi connectivity index (χ1) is 7.33. The number of esters is 1. The second-order valence-corrected chi connectivity index (χ2v) is 3.01. The molecule has 1 unspecified atom stereocenters. The summed E-state index contributed by atoms with van der Waals surface area (Å²) in [7, 11) is 0. The summed E-state index contributed by atoms with van der Waals surface area (Å²) in [6, 6.07) is 0. The van der Waals surface area contributed by atoms with Crippen molar-refractivity contribution in [3.05, 3.63) is 12.7 Å². The molecule has 0 aromatic carbocycles. The summed E-state index contributed by atoms with van der Waals surface area (Å²) in [6.45, 7) is 6.37. The van der Waals surface area contributed by atoms with Crippen LogP contribution in [0.1, 0.15) is 0 Å². The molecule has 15 heavy (non-hydrogen) atoms. The van der Waals surface area contributed by atoms with E-state index < -0.39 is 5.97 Å². The summed E-state index contributed by atoms with van der Waals surface area (Å²) in [5.74, 6) is -0.430. The first kappa shape index (κ1) is 12.2. The van der Waals surface area contributed by atoms with Crippen molar-refractivity contribution in [1.29, 1.82) is 0 Å². The molecule has 0 radical (unpaired) electrons. The molecule has 5 nitrogen and oxygen atoms in total. The van der Waals surface area contributed by atoms with Crippen molar-refractivity contribution in [3.8, 4) is 0 Å². The summed E-state index contributed by atoms with van der Waals surface area (Å²) < 4.78 is 20.0. The van der Waals surface area contributed by atoms with Gasteiger partial charge in [-0.05, 0) is 0 Å². The van der Waals surface area contributed by atoms with Gasteiger partial charge in [-0.3, -0.25) is 0 Å². The van der Waals surface area contributed by atoms with Gasteiger partial charge in [0.2, 0.25) is 0 Å². The topological polar surface area (TPSA) is 57.3 Å². The van der Waals surface area contributed by atoms with E-state index in [0.717, 1.165) is 12.7 Å². The molecule has 1 aliphatic rings. The van der Waals surface area contributed by atoms with Crippen molar-refractivity contribution in [2.24, 2.45) is 0 Å². The minimum Gasteiger partial charge on any atom is -0.460 e. The minimum atomic E-state index is -0.430. The quantitative estimate of drug-likeness (QED) is 0.237. The molecule has 0 spiro atoms. The Morgan fingerprint density at radius 2 is 2.00 bits per heavy atom. The molecule has 1 fully saturated rings. The normalized spacial score (nSPS) is 18.5. The van der Waals surface area contributed by atoms with Crippen LogP contribution in [0.2, 0.25) is 0 Å². The molecular formula is C10H16O5. The van der Waals surface area contributed by atoms with Crippen LogP contribution < -0.4 is 0 Å². The van der Waals surface area contributed by atoms with E-state index in [0.29, 0.717) is 32.5 Å². The van der Waals surface area contributed by atoms with E-state index in [1.54, 1.807) is 0 Å². The molecule has 0 bridgehead atoms. The summed E-state index contributed by atoms with van der Waals surface area (Å²) in [4.78, 5) is 10.6. The van der Waals surface area contributed by atoms with Gasteiger partial charge in [0, 0.05) is 6.08 Å². The van der Waals surface area contributed by atoms with Gasteiger partial charge in [0.15, 0.2) is 0 Å². The van der Waals surface area contributed by atoms with Crippen molar-refractivity contribution in [2.45, 2.75) is 6.10 Å². The largest absolute Gasteiger partial charge is 0.460 e. The minimum absolute atomic E-state index is 0.247. The van der Waals surface area contributed by atoms with E-state index in [2.05, 4.69) is 6.58 Å². The number of ether oxygens (including phenoxy) is 4. The molecule has 5 heteroatoms. The highest BCUT2D eigenvalue weighted by molar-refractivity contribution is 5.81. The van der Waals surface area contributed by atoms with Crippen LogP contribution in [0, 0.1) is 0 Å². The van der Waals surface area contributed by atoms with Crippen LogP contribution in [0.15, 0.2) is 12.7 Å². The number of carbonyl (C=O) groups is 1. The summed E-state index contributed by atoms with van der Waals surface area (Å²) in [5, 5.41) is 0. The lowest BCUT2D eigenvalue weighted by Crippen LogP contribution is -2.12. The Hall–Kier alpha value is -0.910. The Kier molecular flexibility index (Phi) is 5.99. The van der Waals surface area contributed by atoms with E-state index in [4.69, 9.17) is 18.9 Å². The fraction of sp³-hybridized carbons (Fsp3) is 0.700. The van der Waals surface area contributed by atoms with Gasteiger partial charge < -0.3 is 18.9 Å². The van der Waals surface area contributed by atoms with E-state index >= 15 is 0 Å². The van der Waals surface area contributed by atoms with Gasteiger partial charge in [-0.15, -0.1) is 0 Å². The molecule has 1 heterocycles. The van der Waals surface area contributed by atoms with Gasteiger partial charge in [0.25, 0.3) is 0 Å². The Bertz CT molecular complexity index is 200. The molecule has 1 saturated heterocycles. The van der Waals surface area contributed by atoms with Crippen LogP contribution in [0.25, 0.3) is 0 Å². The lowest BCUT2D eigenvalue weighted by Gasteiger charge is -2.04. The molecule has 0 aliphatic carbocycles. The number of rotatable bonds is 9. The zero-order chi connectivity index (χ0) is 10.9. The number of carbonyl (C=O) groups excluding carboxylic acids is 1. The molecule has 0 aromatic rings. The van der Waals surface area contributed by atoms with Crippen LogP contribution in [0.4, 0.5) is 0 Å². The van der Waals surface area contributed by atoms with E-state index in [-0.39, 0.29) is 6.61 Å². The maximum Gasteiger partial charge on any atom is 0.330 e. The predicted molar refractivity (Wildman–Crippen MR) is 52.5 cm³/mol. The van der Waals surface area contributed by atoms with Gasteiger partial charge in [0.05, 0.1) is 33.0 Å². The number of hydrogen-bond acceptors (Lipinski definition) is 5. The highest BCUT2D eigenvalue weighted by atomic mass is 16.6. The van der Waals surface area contributed by atoms with Crippen molar-refractivity contribution >= 4 is 5.97 Å². The smallest absolute Gasteiger partial charge is 0.330 e. The fourth-order valence-corrected chi connectivity index (χ4v) is 0.859. The van der Waals surface area contributed by atoms with E-state index in [1.165, 1.54) is 0 Å². The Morgan fingerprint density at radius 3 is 2.67 bits per heavy atom. The molecule has 1 atom stereocenters. The Morgan fingerprint density at radius 1 is 1.33 bits per heavy atom. The third-order valence-electron chi connectivity index (χ3n) is 1.72. The Balaban J connectivity index is 1.72. The predicted octanol–water partition coefficient (Wildman–Crippen LogP) is 0.148. The average Bonchev–Trinajstić information content (AvgIpc) is 3.05. The van der Waals surface area contributed by atoms with E-state index in [9.17, 15) is 4.79 Å². The van der Waals surface area contributed by atoms with Gasteiger partial charge in [-0.2, -0.15) is 0 Å². The summed E-state index contributed by atoms with van der Waals surface area (Å²) in [6.07, 6.45) is 1.41.